The molecule has 1 aromatic carbocycles. The van der Waals surface area contributed by atoms with Crippen LogP contribution in [0.5, 0.6) is 0 Å². The molecule has 4 nitrogen and oxygen atoms in total. The maximum absolute atomic E-state index is 4.28. The highest BCUT2D eigenvalue weighted by atomic mass is 32.2. The zero-order chi connectivity index (χ0) is 15.5. The number of hydrogen-bond donors (Lipinski definition) is 2. The minimum absolute atomic E-state index is 0.908. The van der Waals surface area contributed by atoms with E-state index in [1.54, 1.807) is 0 Å². The number of thioether (sulfide) groups is 1. The first-order valence-corrected chi connectivity index (χ1v) is 9.22. The van der Waals surface area contributed by atoms with E-state index in [2.05, 4.69) is 50.9 Å². The molecule has 2 N–H and O–H groups in total. The van der Waals surface area contributed by atoms with Crippen LogP contribution in [0.15, 0.2) is 40.2 Å². The molecular weight excluding hydrogens is 292 g/mol. The lowest BCUT2D eigenvalue weighted by Crippen LogP contribution is -2.43. The van der Waals surface area contributed by atoms with E-state index in [-0.39, 0.29) is 0 Å². The van der Waals surface area contributed by atoms with Gasteiger partial charge in [0.05, 0.1) is 0 Å². The van der Waals surface area contributed by atoms with Crippen molar-refractivity contribution in [2.24, 2.45) is 4.99 Å². The first kappa shape index (κ1) is 17.2. The molecule has 0 aromatic heterocycles. The largest absolute Gasteiger partial charge is 0.356 e. The number of hydrogen-bond acceptors (Lipinski definition) is 3. The summed E-state index contributed by atoms with van der Waals surface area (Å²) in [7, 11) is 1.83. The van der Waals surface area contributed by atoms with Crippen molar-refractivity contribution in [2.45, 2.75) is 24.2 Å². The summed E-state index contributed by atoms with van der Waals surface area (Å²) in [5, 5.41) is 6.78. The molecule has 1 aliphatic heterocycles. The fraction of sp³-hybridized carbons (Fsp3) is 0.588. The minimum Gasteiger partial charge on any atom is -0.356 e. The van der Waals surface area contributed by atoms with Gasteiger partial charge in [0, 0.05) is 37.3 Å². The van der Waals surface area contributed by atoms with Crippen LogP contribution in [0.3, 0.4) is 0 Å². The van der Waals surface area contributed by atoms with E-state index in [0.29, 0.717) is 0 Å². The highest BCUT2D eigenvalue weighted by Gasteiger charge is 2.09. The first-order valence-electron chi connectivity index (χ1n) is 8.23. The van der Waals surface area contributed by atoms with Gasteiger partial charge in [0.1, 0.15) is 0 Å². The molecule has 122 valence electrons. The molecule has 0 saturated carbocycles. The number of nitrogens with one attached hydrogen (secondary N) is 2. The fourth-order valence-corrected chi connectivity index (χ4v) is 3.38. The van der Waals surface area contributed by atoms with E-state index in [9.17, 15) is 0 Å². The maximum atomic E-state index is 4.28. The zero-order valence-corrected chi connectivity index (χ0v) is 14.4. The SMILES string of the molecule is CN=C(NCCSc1ccccc1)NCCN1CCCCC1. The summed E-state index contributed by atoms with van der Waals surface area (Å²) < 4.78 is 0. The van der Waals surface area contributed by atoms with Crippen molar-refractivity contribution in [3.05, 3.63) is 30.3 Å². The molecule has 0 radical (unpaired) electrons. The van der Waals surface area contributed by atoms with Crippen molar-refractivity contribution in [3.63, 3.8) is 0 Å². The van der Waals surface area contributed by atoms with Gasteiger partial charge in [-0.25, -0.2) is 0 Å². The Bertz CT molecular complexity index is 430. The second-order valence-corrected chi connectivity index (χ2v) is 6.66. The lowest BCUT2D eigenvalue weighted by molar-refractivity contribution is 0.232. The predicted octanol–water partition coefficient (Wildman–Crippen LogP) is 2.43. The molecule has 0 unspecified atom stereocenters. The van der Waals surface area contributed by atoms with Crippen molar-refractivity contribution >= 4 is 17.7 Å². The van der Waals surface area contributed by atoms with Crippen LogP contribution in [0.4, 0.5) is 0 Å². The van der Waals surface area contributed by atoms with Gasteiger partial charge in [-0.15, -0.1) is 11.8 Å². The number of nitrogens with zero attached hydrogens (tertiary/aromatic N) is 2. The molecule has 22 heavy (non-hydrogen) atoms. The molecule has 1 heterocycles. The molecule has 2 rings (SSSR count). The number of rotatable bonds is 7. The maximum Gasteiger partial charge on any atom is 0.191 e. The van der Waals surface area contributed by atoms with Crippen LogP contribution in [-0.4, -0.2) is 56.4 Å². The normalized spacial score (nSPS) is 16.5. The van der Waals surface area contributed by atoms with Crippen molar-refractivity contribution in [1.82, 2.24) is 15.5 Å². The van der Waals surface area contributed by atoms with Gasteiger partial charge in [-0.05, 0) is 38.1 Å². The van der Waals surface area contributed by atoms with Crippen molar-refractivity contribution < 1.29 is 0 Å². The monoisotopic (exact) mass is 320 g/mol. The zero-order valence-electron chi connectivity index (χ0n) is 13.6. The third-order valence-corrected chi connectivity index (χ3v) is 4.81. The minimum atomic E-state index is 0.908. The Morgan fingerprint density at radius 2 is 1.82 bits per heavy atom. The molecule has 0 bridgehead atoms. The predicted molar refractivity (Wildman–Crippen MR) is 96.8 cm³/mol. The number of piperidine rings is 1. The van der Waals surface area contributed by atoms with Crippen LogP contribution in [0, 0.1) is 0 Å². The van der Waals surface area contributed by atoms with Crippen molar-refractivity contribution in [1.29, 1.82) is 0 Å². The number of benzene rings is 1. The molecule has 1 fully saturated rings. The lowest BCUT2D eigenvalue weighted by Gasteiger charge is -2.26. The van der Waals surface area contributed by atoms with Crippen LogP contribution >= 0.6 is 11.8 Å². The number of guanidine groups is 1. The summed E-state index contributed by atoms with van der Waals surface area (Å²) >= 11 is 1.87. The van der Waals surface area contributed by atoms with Crippen molar-refractivity contribution in [3.8, 4) is 0 Å². The highest BCUT2D eigenvalue weighted by molar-refractivity contribution is 7.99. The van der Waals surface area contributed by atoms with Gasteiger partial charge >= 0.3 is 0 Å². The quantitative estimate of drug-likeness (QED) is 0.350. The summed E-state index contributed by atoms with van der Waals surface area (Å²) in [6, 6.07) is 10.5. The Labute approximate surface area is 138 Å². The summed E-state index contributed by atoms with van der Waals surface area (Å²) in [5.74, 6) is 1.95. The lowest BCUT2D eigenvalue weighted by atomic mass is 10.1. The van der Waals surface area contributed by atoms with E-state index in [0.717, 1.165) is 31.3 Å². The summed E-state index contributed by atoms with van der Waals surface area (Å²) in [6.45, 7) is 5.50. The van der Waals surface area contributed by atoms with E-state index in [1.807, 2.05) is 18.8 Å². The van der Waals surface area contributed by atoms with E-state index >= 15 is 0 Å². The Hall–Kier alpha value is -1.20. The van der Waals surface area contributed by atoms with Crippen LogP contribution in [0.1, 0.15) is 19.3 Å². The van der Waals surface area contributed by atoms with E-state index in [4.69, 9.17) is 0 Å². The summed E-state index contributed by atoms with van der Waals surface area (Å²) in [6.07, 6.45) is 4.10. The molecule has 1 saturated heterocycles. The molecule has 1 aliphatic rings. The van der Waals surface area contributed by atoms with Gasteiger partial charge in [-0.2, -0.15) is 0 Å². The van der Waals surface area contributed by atoms with Gasteiger partial charge in [-0.1, -0.05) is 24.6 Å². The second kappa shape index (κ2) is 10.5. The molecule has 5 heteroatoms. The van der Waals surface area contributed by atoms with Crippen LogP contribution < -0.4 is 10.6 Å². The van der Waals surface area contributed by atoms with E-state index in [1.165, 1.54) is 37.2 Å². The average Bonchev–Trinajstić information content (AvgIpc) is 2.59. The van der Waals surface area contributed by atoms with Gasteiger partial charge in [-0.3, -0.25) is 4.99 Å². The van der Waals surface area contributed by atoms with Crippen molar-refractivity contribution in [2.75, 3.05) is 45.5 Å². The third-order valence-electron chi connectivity index (χ3n) is 3.80. The molecule has 0 aliphatic carbocycles. The molecular formula is C17H28N4S. The van der Waals surface area contributed by atoms with Gasteiger partial charge in [0.25, 0.3) is 0 Å². The Morgan fingerprint density at radius 1 is 1.09 bits per heavy atom. The van der Waals surface area contributed by atoms with Crippen LogP contribution in [0.2, 0.25) is 0 Å². The summed E-state index contributed by atoms with van der Waals surface area (Å²) in [4.78, 5) is 8.14. The Kier molecular flexibility index (Phi) is 8.20. The molecule has 1 aromatic rings. The number of aliphatic imine (C=N–C) groups is 1. The summed E-state index contributed by atoms with van der Waals surface area (Å²) in [5.41, 5.74) is 0. The first-order chi connectivity index (χ1) is 10.9. The molecule has 0 atom stereocenters. The van der Waals surface area contributed by atoms with Gasteiger partial charge < -0.3 is 15.5 Å². The fourth-order valence-electron chi connectivity index (χ4n) is 2.59. The third kappa shape index (κ3) is 6.71. The second-order valence-electron chi connectivity index (χ2n) is 5.49. The Balaban J connectivity index is 1.55. The Morgan fingerprint density at radius 3 is 2.55 bits per heavy atom. The smallest absolute Gasteiger partial charge is 0.191 e. The van der Waals surface area contributed by atoms with Gasteiger partial charge in [0.15, 0.2) is 5.96 Å². The molecule has 0 amide bonds. The topological polar surface area (TPSA) is 39.7 Å². The number of likely N-dealkylation sites (tertiary alicyclic amines) is 1. The average molecular weight is 321 g/mol. The highest BCUT2D eigenvalue weighted by Crippen LogP contribution is 2.15. The van der Waals surface area contributed by atoms with Crippen LogP contribution in [0.25, 0.3) is 0 Å². The standard InChI is InChI=1S/C17H28N4S/c1-18-17(19-10-14-21-12-6-3-7-13-21)20-11-15-22-16-8-4-2-5-9-16/h2,4-5,8-9H,3,6-7,10-15H2,1H3,(H2,18,19,20). The molecule has 0 spiro atoms. The van der Waals surface area contributed by atoms with E-state index < -0.39 is 0 Å². The van der Waals surface area contributed by atoms with Crippen LogP contribution in [-0.2, 0) is 0 Å². The van der Waals surface area contributed by atoms with Gasteiger partial charge in [0.2, 0.25) is 0 Å².